The Morgan fingerprint density at radius 2 is 2.18 bits per heavy atom. The van der Waals surface area contributed by atoms with E-state index in [1.54, 1.807) is 11.3 Å². The van der Waals surface area contributed by atoms with Crippen molar-refractivity contribution in [2.45, 2.75) is 50.0 Å². The minimum absolute atomic E-state index is 0.745. The van der Waals surface area contributed by atoms with Gasteiger partial charge in [-0.3, -0.25) is 0 Å². The molecule has 1 saturated heterocycles. The molecule has 2 nitrogen and oxygen atoms in total. The zero-order valence-electron chi connectivity index (χ0n) is 13.9. The number of hydrogen-bond acceptors (Lipinski definition) is 3. The first kappa shape index (κ1) is 14.9. The third-order valence-electron chi connectivity index (χ3n) is 5.60. The summed E-state index contributed by atoms with van der Waals surface area (Å²) in [6, 6.07) is 7.81. The minimum atomic E-state index is 0.745. The Labute approximate surface area is 139 Å². The molecule has 0 bridgehead atoms. The van der Waals surface area contributed by atoms with Crippen molar-refractivity contribution in [2.75, 3.05) is 36.8 Å². The first-order valence-electron chi connectivity index (χ1n) is 8.98. The molecule has 4 rings (SSSR count). The summed E-state index contributed by atoms with van der Waals surface area (Å²) in [6.07, 6.45) is 4.02. The average molecular weight is 317 g/mol. The lowest BCUT2D eigenvalue weighted by Crippen LogP contribution is -2.46. The SMILES string of the molecule is CC(C)CCN1CCC2C(C1)c1cccc3c1N2CCCS3. The van der Waals surface area contributed by atoms with Gasteiger partial charge in [0.15, 0.2) is 0 Å². The number of anilines is 1. The zero-order chi connectivity index (χ0) is 15.1. The van der Waals surface area contributed by atoms with Gasteiger partial charge in [-0.2, -0.15) is 0 Å². The summed E-state index contributed by atoms with van der Waals surface area (Å²) in [7, 11) is 0. The molecular formula is C19H28N2S. The number of nitrogens with zero attached hydrogens (tertiary/aromatic N) is 2. The number of likely N-dealkylation sites (tertiary alicyclic amines) is 1. The molecule has 3 aliphatic rings. The van der Waals surface area contributed by atoms with E-state index in [0.717, 1.165) is 17.9 Å². The fourth-order valence-corrected chi connectivity index (χ4v) is 5.49. The molecular weight excluding hydrogens is 288 g/mol. The maximum atomic E-state index is 2.77. The van der Waals surface area contributed by atoms with Crippen molar-refractivity contribution in [3.63, 3.8) is 0 Å². The lowest BCUT2D eigenvalue weighted by atomic mass is 9.89. The molecule has 120 valence electrons. The summed E-state index contributed by atoms with van der Waals surface area (Å²) in [6.45, 7) is 9.80. The Morgan fingerprint density at radius 1 is 1.27 bits per heavy atom. The Kier molecular flexibility index (Phi) is 4.12. The van der Waals surface area contributed by atoms with E-state index < -0.39 is 0 Å². The van der Waals surface area contributed by atoms with Gasteiger partial charge in [0, 0.05) is 36.5 Å². The zero-order valence-corrected chi connectivity index (χ0v) is 14.7. The summed E-state index contributed by atoms with van der Waals surface area (Å²) >= 11 is 2.07. The standard InChI is InChI=1S/C19H28N2S/c1-14(2)7-10-20-11-8-17-16(13-20)15-5-3-6-18-19(15)21(17)9-4-12-22-18/h3,5-6,14,16-17H,4,7-13H2,1-2H3. The molecule has 3 aliphatic heterocycles. The summed E-state index contributed by atoms with van der Waals surface area (Å²) in [5, 5.41) is 0. The largest absolute Gasteiger partial charge is 0.367 e. The number of para-hydroxylation sites is 1. The molecule has 0 spiro atoms. The van der Waals surface area contributed by atoms with Gasteiger partial charge in [0.2, 0.25) is 0 Å². The Bertz CT molecular complexity index is 542. The molecule has 2 atom stereocenters. The van der Waals surface area contributed by atoms with Gasteiger partial charge in [-0.05, 0) is 49.1 Å². The molecule has 0 radical (unpaired) electrons. The van der Waals surface area contributed by atoms with Crippen LogP contribution in [0.5, 0.6) is 0 Å². The van der Waals surface area contributed by atoms with Crippen molar-refractivity contribution in [2.24, 2.45) is 5.92 Å². The lowest BCUT2D eigenvalue weighted by molar-refractivity contribution is 0.185. The van der Waals surface area contributed by atoms with Crippen LogP contribution < -0.4 is 4.90 Å². The third kappa shape index (κ3) is 2.56. The third-order valence-corrected chi connectivity index (χ3v) is 6.73. The summed E-state index contributed by atoms with van der Waals surface area (Å²) in [5.74, 6) is 2.85. The van der Waals surface area contributed by atoms with Crippen LogP contribution in [0.25, 0.3) is 0 Å². The molecule has 1 fully saturated rings. The predicted octanol–water partition coefficient (Wildman–Crippen LogP) is 4.21. The van der Waals surface area contributed by atoms with Crippen molar-refractivity contribution >= 4 is 17.4 Å². The number of benzene rings is 1. The quantitative estimate of drug-likeness (QED) is 0.825. The van der Waals surface area contributed by atoms with E-state index in [1.165, 1.54) is 56.1 Å². The van der Waals surface area contributed by atoms with Gasteiger partial charge in [0.25, 0.3) is 0 Å². The second kappa shape index (κ2) is 6.09. The van der Waals surface area contributed by atoms with Crippen LogP contribution in [-0.2, 0) is 0 Å². The van der Waals surface area contributed by atoms with Crippen molar-refractivity contribution in [3.8, 4) is 0 Å². The molecule has 3 heterocycles. The molecule has 3 heteroatoms. The highest BCUT2D eigenvalue weighted by atomic mass is 32.2. The highest BCUT2D eigenvalue weighted by Gasteiger charge is 2.43. The van der Waals surface area contributed by atoms with Gasteiger partial charge in [0.1, 0.15) is 0 Å². The van der Waals surface area contributed by atoms with E-state index in [4.69, 9.17) is 0 Å². The van der Waals surface area contributed by atoms with Crippen molar-refractivity contribution in [1.82, 2.24) is 4.90 Å². The van der Waals surface area contributed by atoms with Crippen molar-refractivity contribution < 1.29 is 0 Å². The molecule has 0 amide bonds. The molecule has 0 N–H and O–H groups in total. The van der Waals surface area contributed by atoms with E-state index >= 15 is 0 Å². The fraction of sp³-hybridized carbons (Fsp3) is 0.684. The molecule has 2 unspecified atom stereocenters. The monoisotopic (exact) mass is 316 g/mol. The van der Waals surface area contributed by atoms with E-state index in [9.17, 15) is 0 Å². The predicted molar refractivity (Wildman–Crippen MR) is 96.2 cm³/mol. The van der Waals surface area contributed by atoms with Crippen LogP contribution in [0.15, 0.2) is 23.1 Å². The Morgan fingerprint density at radius 3 is 3.05 bits per heavy atom. The first-order valence-corrected chi connectivity index (χ1v) is 9.97. The number of hydrogen-bond donors (Lipinski definition) is 0. The van der Waals surface area contributed by atoms with E-state index in [1.807, 2.05) is 0 Å². The number of piperidine rings is 1. The number of fused-ring (bicyclic) bond motifs is 3. The normalized spacial score (nSPS) is 27.7. The second-order valence-electron chi connectivity index (χ2n) is 7.54. The molecule has 0 aliphatic carbocycles. The maximum Gasteiger partial charge on any atom is 0.0543 e. The van der Waals surface area contributed by atoms with Crippen LogP contribution in [0.2, 0.25) is 0 Å². The van der Waals surface area contributed by atoms with Crippen LogP contribution in [-0.4, -0.2) is 42.9 Å². The van der Waals surface area contributed by atoms with E-state index in [-0.39, 0.29) is 0 Å². The van der Waals surface area contributed by atoms with Crippen LogP contribution in [0.4, 0.5) is 5.69 Å². The second-order valence-corrected chi connectivity index (χ2v) is 8.67. The minimum Gasteiger partial charge on any atom is -0.367 e. The number of thioether (sulfide) groups is 1. The van der Waals surface area contributed by atoms with Crippen molar-refractivity contribution in [1.29, 1.82) is 0 Å². The molecule has 1 aromatic carbocycles. The summed E-state index contributed by atoms with van der Waals surface area (Å²) in [5.41, 5.74) is 3.25. The van der Waals surface area contributed by atoms with Gasteiger partial charge in [-0.1, -0.05) is 26.0 Å². The average Bonchev–Trinajstić information content (AvgIpc) is 2.68. The maximum absolute atomic E-state index is 2.77. The number of rotatable bonds is 3. The topological polar surface area (TPSA) is 6.48 Å². The van der Waals surface area contributed by atoms with Crippen molar-refractivity contribution in [3.05, 3.63) is 23.8 Å². The van der Waals surface area contributed by atoms with Gasteiger partial charge in [0.05, 0.1) is 5.69 Å². The van der Waals surface area contributed by atoms with Crippen LogP contribution >= 0.6 is 11.8 Å². The van der Waals surface area contributed by atoms with Crippen LogP contribution in [0.3, 0.4) is 0 Å². The van der Waals surface area contributed by atoms with E-state index in [2.05, 4.69) is 53.6 Å². The molecule has 1 aromatic rings. The Balaban J connectivity index is 1.59. The van der Waals surface area contributed by atoms with E-state index in [0.29, 0.717) is 0 Å². The van der Waals surface area contributed by atoms with Gasteiger partial charge >= 0.3 is 0 Å². The van der Waals surface area contributed by atoms with Gasteiger partial charge in [-0.25, -0.2) is 0 Å². The smallest absolute Gasteiger partial charge is 0.0543 e. The first-order chi connectivity index (χ1) is 10.7. The molecule has 0 saturated carbocycles. The fourth-order valence-electron chi connectivity index (χ4n) is 4.45. The highest BCUT2D eigenvalue weighted by molar-refractivity contribution is 7.99. The van der Waals surface area contributed by atoms with Gasteiger partial charge in [-0.15, -0.1) is 11.8 Å². The summed E-state index contributed by atoms with van der Waals surface area (Å²) < 4.78 is 0. The highest BCUT2D eigenvalue weighted by Crippen LogP contribution is 2.50. The Hall–Kier alpha value is -0.670. The summed E-state index contributed by atoms with van der Waals surface area (Å²) in [4.78, 5) is 7.04. The lowest BCUT2D eigenvalue weighted by Gasteiger charge is -2.39. The molecule has 22 heavy (non-hydrogen) atoms. The molecule has 0 aromatic heterocycles. The van der Waals surface area contributed by atoms with Crippen LogP contribution in [0, 0.1) is 5.92 Å². The van der Waals surface area contributed by atoms with Gasteiger partial charge < -0.3 is 9.80 Å². The van der Waals surface area contributed by atoms with Crippen LogP contribution in [0.1, 0.15) is 44.6 Å².